The Morgan fingerprint density at radius 3 is 2.56 bits per heavy atom. The molecule has 2 bridgehead atoms. The van der Waals surface area contributed by atoms with E-state index in [1.807, 2.05) is 24.3 Å². The van der Waals surface area contributed by atoms with Gasteiger partial charge in [-0.25, -0.2) is 0 Å². The van der Waals surface area contributed by atoms with Crippen molar-refractivity contribution < 1.29 is 9.21 Å². The second-order valence-electron chi connectivity index (χ2n) is 6.83. The predicted molar refractivity (Wildman–Crippen MR) is 94.6 cm³/mol. The van der Waals surface area contributed by atoms with E-state index in [0.717, 1.165) is 4.90 Å². The van der Waals surface area contributed by atoms with Crippen LogP contribution in [-0.4, -0.2) is 46.2 Å². The third kappa shape index (κ3) is 3.43. The summed E-state index contributed by atoms with van der Waals surface area (Å²) in [4.78, 5) is 16.1. The zero-order valence-electron chi connectivity index (χ0n) is 14.4. The van der Waals surface area contributed by atoms with Gasteiger partial charge in [-0.3, -0.25) is 9.69 Å². The highest BCUT2D eigenvalue weighted by Crippen LogP contribution is 2.32. The van der Waals surface area contributed by atoms with Crippen molar-refractivity contribution in [2.45, 2.75) is 48.9 Å². The Hall–Kier alpha value is -1.86. The molecule has 1 aromatic carbocycles. The van der Waals surface area contributed by atoms with Gasteiger partial charge < -0.3 is 9.73 Å². The van der Waals surface area contributed by atoms with E-state index >= 15 is 0 Å². The Morgan fingerprint density at radius 2 is 1.96 bits per heavy atom. The van der Waals surface area contributed by atoms with E-state index in [0.29, 0.717) is 28.6 Å². The van der Waals surface area contributed by atoms with Crippen molar-refractivity contribution in [1.82, 2.24) is 20.4 Å². The molecule has 0 aliphatic carbocycles. The lowest BCUT2D eigenvalue weighted by molar-refractivity contribution is 0.0217. The summed E-state index contributed by atoms with van der Waals surface area (Å²) in [6.07, 6.45) is 2.38. The molecule has 0 unspecified atom stereocenters. The van der Waals surface area contributed by atoms with Crippen molar-refractivity contribution in [1.29, 1.82) is 0 Å². The molecule has 3 saturated heterocycles. The fraction of sp³-hybridized carbons (Fsp3) is 0.500. The van der Waals surface area contributed by atoms with Crippen molar-refractivity contribution in [3.8, 4) is 0 Å². The van der Waals surface area contributed by atoms with Crippen LogP contribution in [0.2, 0.25) is 0 Å². The van der Waals surface area contributed by atoms with Crippen LogP contribution in [0.1, 0.15) is 36.0 Å². The molecule has 3 aliphatic heterocycles. The third-order valence-corrected chi connectivity index (χ3v) is 6.15. The quantitative estimate of drug-likeness (QED) is 0.906. The lowest BCUT2D eigenvalue weighted by Crippen LogP contribution is -2.62. The predicted octanol–water partition coefficient (Wildman–Crippen LogP) is 2.74. The highest BCUT2D eigenvalue weighted by Gasteiger charge is 2.40. The number of amides is 1. The summed E-state index contributed by atoms with van der Waals surface area (Å²) in [5, 5.41) is 11.6. The van der Waals surface area contributed by atoms with Crippen LogP contribution in [0, 0.1) is 12.8 Å². The topological polar surface area (TPSA) is 71.3 Å². The molecular weight excluding hydrogens is 336 g/mol. The van der Waals surface area contributed by atoms with Crippen LogP contribution in [0.15, 0.2) is 38.8 Å². The first-order chi connectivity index (χ1) is 12.1. The van der Waals surface area contributed by atoms with Gasteiger partial charge in [-0.15, -0.1) is 10.2 Å². The van der Waals surface area contributed by atoms with E-state index in [1.54, 1.807) is 6.92 Å². The zero-order chi connectivity index (χ0) is 17.4. The van der Waals surface area contributed by atoms with E-state index < -0.39 is 0 Å². The molecule has 2 aromatic rings. The van der Waals surface area contributed by atoms with Crippen molar-refractivity contribution in [3.05, 3.63) is 35.7 Å². The fourth-order valence-corrected chi connectivity index (χ4v) is 4.59. The average Bonchev–Trinajstić information content (AvgIpc) is 3.04. The summed E-state index contributed by atoms with van der Waals surface area (Å²) >= 11 is 1.40. The number of aromatic nitrogens is 2. The smallest absolute Gasteiger partial charge is 0.281 e. The highest BCUT2D eigenvalue weighted by molar-refractivity contribution is 7.99. The molecule has 3 fully saturated rings. The molecule has 25 heavy (non-hydrogen) atoms. The first-order valence-corrected chi connectivity index (χ1v) is 9.55. The summed E-state index contributed by atoms with van der Waals surface area (Å²) < 4.78 is 5.36. The largest absolute Gasteiger partial charge is 0.416 e. The van der Waals surface area contributed by atoms with Crippen molar-refractivity contribution in [3.63, 3.8) is 0 Å². The van der Waals surface area contributed by atoms with Gasteiger partial charge in [0.25, 0.3) is 11.1 Å². The molecule has 0 spiro atoms. The van der Waals surface area contributed by atoms with Crippen molar-refractivity contribution >= 4 is 17.7 Å². The van der Waals surface area contributed by atoms with Crippen LogP contribution in [0.3, 0.4) is 0 Å². The number of aryl methyl sites for hydroxylation is 1. The van der Waals surface area contributed by atoms with E-state index in [-0.39, 0.29) is 11.9 Å². The van der Waals surface area contributed by atoms with Gasteiger partial charge in [0, 0.05) is 29.5 Å². The van der Waals surface area contributed by atoms with Gasteiger partial charge in [0.1, 0.15) is 0 Å². The first-order valence-electron chi connectivity index (χ1n) is 8.73. The van der Waals surface area contributed by atoms with Gasteiger partial charge in [-0.2, -0.15) is 0 Å². The number of piperidine rings is 3. The Morgan fingerprint density at radius 1 is 1.24 bits per heavy atom. The molecule has 1 N–H and O–H groups in total. The lowest BCUT2D eigenvalue weighted by atomic mass is 9.79. The Labute approximate surface area is 151 Å². The average molecular weight is 358 g/mol. The van der Waals surface area contributed by atoms with E-state index in [4.69, 9.17) is 4.42 Å². The van der Waals surface area contributed by atoms with Crippen molar-refractivity contribution in [2.24, 2.45) is 5.92 Å². The third-order valence-electron chi connectivity index (χ3n) is 5.30. The van der Waals surface area contributed by atoms with Gasteiger partial charge >= 0.3 is 0 Å². The molecule has 0 saturated carbocycles. The van der Waals surface area contributed by atoms with Crippen molar-refractivity contribution in [2.75, 3.05) is 13.1 Å². The normalized spacial score (nSPS) is 28.1. The Kier molecular flexibility index (Phi) is 4.52. The second-order valence-corrected chi connectivity index (χ2v) is 7.85. The molecule has 6 nitrogen and oxygen atoms in total. The van der Waals surface area contributed by atoms with Gasteiger partial charge in [-0.05, 0) is 74.8 Å². The molecule has 0 radical (unpaired) electrons. The maximum absolute atomic E-state index is 12.6. The first kappa shape index (κ1) is 16.6. The lowest BCUT2D eigenvalue weighted by Gasteiger charge is -2.49. The van der Waals surface area contributed by atoms with Crippen LogP contribution < -0.4 is 5.32 Å². The number of nitrogens with one attached hydrogen (secondary N) is 1. The molecule has 1 amide bonds. The zero-order valence-corrected chi connectivity index (χ0v) is 15.3. The minimum atomic E-state index is 0.00999. The van der Waals surface area contributed by atoms with Gasteiger partial charge in [0.15, 0.2) is 0 Å². The molecule has 2 atom stereocenters. The number of nitrogens with zero attached hydrogens (tertiary/aromatic N) is 3. The number of hydrogen-bond acceptors (Lipinski definition) is 6. The maximum atomic E-state index is 12.6. The van der Waals surface area contributed by atoms with E-state index in [9.17, 15) is 4.79 Å². The summed E-state index contributed by atoms with van der Waals surface area (Å²) in [6, 6.07) is 8.22. The SMILES string of the molecule is Cc1nnc(Sc2ccc(C(=O)N[C@@H]3C4CCN(CC4)[C@@H]3C)cc2)o1. The van der Waals surface area contributed by atoms with Crippen LogP contribution in [0.5, 0.6) is 0 Å². The van der Waals surface area contributed by atoms with Crippen LogP contribution in [-0.2, 0) is 0 Å². The maximum Gasteiger partial charge on any atom is 0.281 e. The van der Waals surface area contributed by atoms with E-state index in [2.05, 4.69) is 27.3 Å². The Balaban J connectivity index is 1.40. The van der Waals surface area contributed by atoms with Crippen LogP contribution >= 0.6 is 11.8 Å². The minimum absolute atomic E-state index is 0.00999. The standard InChI is InChI=1S/C18H22N4O2S/c1-11-16(13-7-9-22(11)10-8-13)19-17(23)14-3-5-15(6-4-14)25-18-21-20-12(2)24-18/h3-6,11,13,16H,7-10H2,1-2H3,(H,19,23)/t11-,16+/m1/s1. The summed E-state index contributed by atoms with van der Waals surface area (Å²) in [5.74, 6) is 1.17. The van der Waals surface area contributed by atoms with E-state index in [1.165, 1.54) is 37.7 Å². The molecule has 1 aromatic heterocycles. The molecule has 7 heteroatoms. The highest BCUT2D eigenvalue weighted by atomic mass is 32.2. The summed E-state index contributed by atoms with van der Waals surface area (Å²) in [7, 11) is 0. The molecule has 3 aliphatic rings. The number of benzene rings is 1. The summed E-state index contributed by atoms with van der Waals surface area (Å²) in [5.41, 5.74) is 0.690. The minimum Gasteiger partial charge on any atom is -0.416 e. The molecule has 132 valence electrons. The second kappa shape index (κ2) is 6.80. The molecular formula is C18H22N4O2S. The summed E-state index contributed by atoms with van der Waals surface area (Å²) in [6.45, 7) is 6.32. The van der Waals surface area contributed by atoms with Gasteiger partial charge in [0.05, 0.1) is 0 Å². The number of carbonyl (C=O) groups excluding carboxylic acids is 1. The van der Waals surface area contributed by atoms with Crippen LogP contribution in [0.4, 0.5) is 0 Å². The van der Waals surface area contributed by atoms with Gasteiger partial charge in [-0.1, -0.05) is 0 Å². The van der Waals surface area contributed by atoms with Gasteiger partial charge in [0.2, 0.25) is 5.89 Å². The molecule has 5 rings (SSSR count). The van der Waals surface area contributed by atoms with Crippen LogP contribution in [0.25, 0.3) is 0 Å². The fourth-order valence-electron chi connectivity index (χ4n) is 3.87. The number of rotatable bonds is 4. The monoisotopic (exact) mass is 358 g/mol. The number of fused-ring (bicyclic) bond motifs is 3. The number of hydrogen-bond donors (Lipinski definition) is 1. The molecule has 4 heterocycles. The Bertz CT molecular complexity index is 751. The number of carbonyl (C=O) groups is 1.